The number of aromatic hydroxyl groups is 4. The number of phenolic OH excluding ortho intramolecular Hbond substituents is 4. The van der Waals surface area contributed by atoms with Crippen molar-refractivity contribution in [1.29, 1.82) is 0 Å². The third-order valence-corrected chi connectivity index (χ3v) is 17.4. The second kappa shape index (κ2) is 22.2. The first-order valence-corrected chi connectivity index (χ1v) is 29.5. The van der Waals surface area contributed by atoms with Crippen molar-refractivity contribution in [2.75, 3.05) is 40.6 Å². The van der Waals surface area contributed by atoms with Crippen LogP contribution in [0.1, 0.15) is 0 Å². The van der Waals surface area contributed by atoms with Crippen molar-refractivity contribution in [3.8, 4) is 101 Å². The number of hydrogen-bond donors (Lipinski definition) is 4. The van der Waals surface area contributed by atoms with E-state index in [2.05, 4.69) is 121 Å². The van der Waals surface area contributed by atoms with Gasteiger partial charge in [0.05, 0.1) is 13.2 Å². The Morgan fingerprint density at radius 2 is 0.443 bits per heavy atom. The SMILES string of the molecule is COCCOc1cc(-c2c3ccccc3c(-c3cc(-c4c5ccccc5cc5ccccc45)c(O)cc3O)c3ccccc23)c(-c2c3ccccc3c(-c3cc(-c4c5ccccc5cc5ccccc45)c(O)cc3O)c3ccccc23)cc1OCCOC. The van der Waals surface area contributed by atoms with Gasteiger partial charge >= 0.3 is 0 Å². The average Bonchev–Trinajstić information content (AvgIpc) is 0.752. The number of phenols is 4. The summed E-state index contributed by atoms with van der Waals surface area (Å²) >= 11 is 0. The number of methoxy groups -OCH3 is 2. The van der Waals surface area contributed by atoms with E-state index in [4.69, 9.17) is 18.9 Å². The summed E-state index contributed by atoms with van der Waals surface area (Å²) in [6.45, 7) is 1.16. The molecule has 0 aromatic heterocycles. The lowest BCUT2D eigenvalue weighted by atomic mass is 9.80. The molecule has 0 aliphatic rings. The van der Waals surface area contributed by atoms with E-state index in [1.807, 2.05) is 109 Å². The fraction of sp³-hybridized carbons (Fsp3) is 0.0750. The summed E-state index contributed by atoms with van der Waals surface area (Å²) in [6, 6.07) is 81.6. The molecule has 0 amide bonds. The molecule has 0 saturated heterocycles. The lowest BCUT2D eigenvalue weighted by Gasteiger charge is -2.25. The molecule has 4 N–H and O–H groups in total. The largest absolute Gasteiger partial charge is 0.507 e. The second-order valence-corrected chi connectivity index (χ2v) is 22.4. The van der Waals surface area contributed by atoms with Gasteiger partial charge in [-0.1, -0.05) is 194 Å². The van der Waals surface area contributed by atoms with Gasteiger partial charge in [-0.25, -0.2) is 0 Å². The lowest BCUT2D eigenvalue weighted by Crippen LogP contribution is -2.09. The van der Waals surface area contributed by atoms with Crippen molar-refractivity contribution < 1.29 is 39.4 Å². The van der Waals surface area contributed by atoms with Crippen LogP contribution >= 0.6 is 0 Å². The summed E-state index contributed by atoms with van der Waals surface area (Å²) in [5, 5.41) is 64.0. The van der Waals surface area contributed by atoms with E-state index in [1.165, 1.54) is 12.1 Å². The van der Waals surface area contributed by atoms with Crippen molar-refractivity contribution in [3.63, 3.8) is 0 Å². The summed E-state index contributed by atoms with van der Waals surface area (Å²) in [6.07, 6.45) is 0. The molecule has 8 heteroatoms. The van der Waals surface area contributed by atoms with Crippen LogP contribution in [0.4, 0.5) is 0 Å². The Morgan fingerprint density at radius 1 is 0.227 bits per heavy atom. The van der Waals surface area contributed by atoms with Gasteiger partial charge in [0.15, 0.2) is 11.5 Å². The summed E-state index contributed by atoms with van der Waals surface area (Å²) in [7, 11) is 3.30. The molecule has 0 unspecified atom stereocenters. The molecule has 0 aliphatic heterocycles. The maximum Gasteiger partial charge on any atom is 0.161 e. The average molecular weight is 1150 g/mol. The molecule has 8 nitrogen and oxygen atoms in total. The Hall–Kier alpha value is -10.9. The number of hydrogen-bond acceptors (Lipinski definition) is 8. The molecule has 0 heterocycles. The Morgan fingerprint density at radius 3 is 0.693 bits per heavy atom. The molecule has 426 valence electrons. The predicted molar refractivity (Wildman–Crippen MR) is 361 cm³/mol. The molecule has 0 spiro atoms. The summed E-state index contributed by atoms with van der Waals surface area (Å²) < 4.78 is 24.5. The van der Waals surface area contributed by atoms with E-state index in [0.717, 1.165) is 131 Å². The standard InChI is InChI=1S/C80H58O8/c1-85-35-37-87-73-43-63(77-55-27-11-15-31-59(55)79(60-32-16-12-28-56(60)77)67-41-65(69(81)45-71(67)83)75-51-23-7-3-19-47(51)39-48-20-4-8-24-52(48)75)64(44-74(73)88-38-36-86-2)78-57-29-13-17-33-61(57)80(62-34-18-14-30-58(62)78)68-42-66(70(82)46-72(68)84)76-53-25-9-5-21-49(53)40-50-22-6-10-26-54(50)76/h3-34,39-46,81-84H,35-38H2,1-2H3. The van der Waals surface area contributed by atoms with Crippen molar-refractivity contribution in [2.24, 2.45) is 0 Å². The molecular formula is C80H58O8. The molecule has 0 bridgehead atoms. The topological polar surface area (TPSA) is 118 Å². The van der Waals surface area contributed by atoms with Crippen LogP contribution in [-0.2, 0) is 9.47 Å². The highest BCUT2D eigenvalue weighted by molar-refractivity contribution is 6.28. The van der Waals surface area contributed by atoms with Gasteiger partial charge in [0.2, 0.25) is 0 Å². The molecule has 15 aromatic rings. The first-order valence-electron chi connectivity index (χ1n) is 29.5. The maximum atomic E-state index is 12.4. The van der Waals surface area contributed by atoms with Crippen molar-refractivity contribution >= 4 is 86.2 Å². The molecule has 15 rings (SSSR count). The number of rotatable bonds is 14. The van der Waals surface area contributed by atoms with Gasteiger partial charge in [0.25, 0.3) is 0 Å². The Balaban J connectivity index is 1.02. The quantitative estimate of drug-likeness (QED) is 0.0628. The molecule has 0 aliphatic carbocycles. The van der Waals surface area contributed by atoms with Gasteiger partial charge < -0.3 is 39.4 Å². The minimum Gasteiger partial charge on any atom is -0.507 e. The van der Waals surface area contributed by atoms with E-state index >= 15 is 0 Å². The second-order valence-electron chi connectivity index (χ2n) is 22.4. The van der Waals surface area contributed by atoms with Crippen LogP contribution in [0.5, 0.6) is 34.5 Å². The minimum atomic E-state index is -0.0591. The van der Waals surface area contributed by atoms with Crippen LogP contribution in [0.15, 0.2) is 243 Å². The van der Waals surface area contributed by atoms with E-state index in [1.54, 1.807) is 14.2 Å². The zero-order chi connectivity index (χ0) is 59.6. The number of ether oxygens (including phenoxy) is 4. The number of fused-ring (bicyclic) bond motifs is 8. The molecule has 0 radical (unpaired) electrons. The first kappa shape index (κ1) is 53.8. The van der Waals surface area contributed by atoms with Gasteiger partial charge in [-0.2, -0.15) is 0 Å². The van der Waals surface area contributed by atoms with Crippen LogP contribution in [0.25, 0.3) is 153 Å². The summed E-state index contributed by atoms with van der Waals surface area (Å²) in [5.74, 6) is 0.847. The molecular weight excluding hydrogens is 1090 g/mol. The van der Waals surface area contributed by atoms with Gasteiger partial charge in [-0.3, -0.25) is 0 Å². The number of benzene rings is 15. The molecule has 0 fully saturated rings. The predicted octanol–water partition coefficient (Wildman–Crippen LogP) is 19.8. The van der Waals surface area contributed by atoms with Gasteiger partial charge in [0, 0.05) is 70.9 Å². The van der Waals surface area contributed by atoms with Crippen LogP contribution in [0, 0.1) is 0 Å². The third-order valence-electron chi connectivity index (χ3n) is 17.4. The maximum absolute atomic E-state index is 12.4. The van der Waals surface area contributed by atoms with Crippen LogP contribution < -0.4 is 9.47 Å². The highest BCUT2D eigenvalue weighted by Gasteiger charge is 2.28. The van der Waals surface area contributed by atoms with E-state index in [0.29, 0.717) is 47.0 Å². The zero-order valence-corrected chi connectivity index (χ0v) is 48.3. The van der Waals surface area contributed by atoms with Crippen LogP contribution in [0.3, 0.4) is 0 Å². The van der Waals surface area contributed by atoms with E-state index in [-0.39, 0.29) is 36.2 Å². The molecule has 0 saturated carbocycles. The monoisotopic (exact) mass is 1150 g/mol. The highest BCUT2D eigenvalue weighted by Crippen LogP contribution is 2.56. The fourth-order valence-corrected chi connectivity index (χ4v) is 13.6. The highest BCUT2D eigenvalue weighted by atomic mass is 16.5. The Kier molecular flexibility index (Phi) is 13.6. The summed E-state index contributed by atoms with van der Waals surface area (Å²) in [4.78, 5) is 0. The van der Waals surface area contributed by atoms with E-state index in [9.17, 15) is 20.4 Å². The van der Waals surface area contributed by atoms with E-state index < -0.39 is 0 Å². The van der Waals surface area contributed by atoms with Gasteiger partial charge in [-0.15, -0.1) is 0 Å². The first-order chi connectivity index (χ1) is 43.3. The van der Waals surface area contributed by atoms with Crippen LogP contribution in [0.2, 0.25) is 0 Å². The third kappa shape index (κ3) is 8.91. The Labute approximate surface area is 507 Å². The van der Waals surface area contributed by atoms with Crippen molar-refractivity contribution in [3.05, 3.63) is 243 Å². The molecule has 88 heavy (non-hydrogen) atoms. The van der Waals surface area contributed by atoms with Gasteiger partial charge in [-0.05, 0) is 145 Å². The summed E-state index contributed by atoms with van der Waals surface area (Å²) in [5.41, 5.74) is 9.24. The van der Waals surface area contributed by atoms with Crippen molar-refractivity contribution in [1.82, 2.24) is 0 Å². The minimum absolute atomic E-state index is 0.0311. The molecule has 0 atom stereocenters. The van der Waals surface area contributed by atoms with Crippen molar-refractivity contribution in [2.45, 2.75) is 0 Å². The lowest BCUT2D eigenvalue weighted by molar-refractivity contribution is 0.132. The van der Waals surface area contributed by atoms with Crippen LogP contribution in [-0.4, -0.2) is 61.1 Å². The molecule has 15 aromatic carbocycles. The zero-order valence-electron chi connectivity index (χ0n) is 48.3. The smallest absolute Gasteiger partial charge is 0.161 e. The van der Waals surface area contributed by atoms with Gasteiger partial charge in [0.1, 0.15) is 36.2 Å². The Bertz CT molecular complexity index is 4770. The normalized spacial score (nSPS) is 11.8. The fourth-order valence-electron chi connectivity index (χ4n) is 13.6.